The number of hydrogen-bond donors (Lipinski definition) is 0. The standard InChI is InChI=1S/C11H18N2O2S/c1-4-9(2)13(5-6-15-3)11(14)10-7-16-8-12-10/h7-9H,4-6H2,1-3H3. The van der Waals surface area contributed by atoms with Crippen LogP contribution in [0.1, 0.15) is 30.8 Å². The highest BCUT2D eigenvalue weighted by Crippen LogP contribution is 2.10. The summed E-state index contributed by atoms with van der Waals surface area (Å²) in [4.78, 5) is 18.0. The Hall–Kier alpha value is -0.940. The van der Waals surface area contributed by atoms with Gasteiger partial charge in [-0.05, 0) is 13.3 Å². The van der Waals surface area contributed by atoms with E-state index in [1.807, 2.05) is 11.8 Å². The molecule has 1 atom stereocenters. The van der Waals surface area contributed by atoms with Crippen molar-refractivity contribution in [1.82, 2.24) is 9.88 Å². The monoisotopic (exact) mass is 242 g/mol. The molecule has 0 radical (unpaired) electrons. The van der Waals surface area contributed by atoms with Gasteiger partial charge >= 0.3 is 0 Å². The van der Waals surface area contributed by atoms with Gasteiger partial charge in [-0.25, -0.2) is 4.98 Å². The number of carbonyl (C=O) groups is 1. The number of nitrogens with zero attached hydrogens (tertiary/aromatic N) is 2. The van der Waals surface area contributed by atoms with E-state index in [9.17, 15) is 4.79 Å². The molecule has 4 nitrogen and oxygen atoms in total. The van der Waals surface area contributed by atoms with Crippen molar-refractivity contribution < 1.29 is 9.53 Å². The summed E-state index contributed by atoms with van der Waals surface area (Å²) in [5.74, 6) is -0.00681. The molecular formula is C11H18N2O2S. The molecule has 1 rings (SSSR count). The van der Waals surface area contributed by atoms with Crippen molar-refractivity contribution in [3.63, 3.8) is 0 Å². The van der Waals surface area contributed by atoms with Gasteiger partial charge in [0.1, 0.15) is 5.69 Å². The summed E-state index contributed by atoms with van der Waals surface area (Å²) in [7, 11) is 1.64. The number of thiazole rings is 1. The second kappa shape index (κ2) is 6.60. The number of carbonyl (C=O) groups excluding carboxylic acids is 1. The van der Waals surface area contributed by atoms with Gasteiger partial charge in [0.05, 0.1) is 12.1 Å². The van der Waals surface area contributed by atoms with Crippen LogP contribution >= 0.6 is 11.3 Å². The normalized spacial score (nSPS) is 12.4. The van der Waals surface area contributed by atoms with Gasteiger partial charge in [-0.3, -0.25) is 4.79 Å². The summed E-state index contributed by atoms with van der Waals surface area (Å²) >= 11 is 1.44. The summed E-state index contributed by atoms with van der Waals surface area (Å²) in [6.07, 6.45) is 0.930. The first kappa shape index (κ1) is 13.1. The van der Waals surface area contributed by atoms with Crippen molar-refractivity contribution in [1.29, 1.82) is 0 Å². The van der Waals surface area contributed by atoms with Crippen molar-refractivity contribution in [2.75, 3.05) is 20.3 Å². The molecule has 0 aromatic carbocycles. The van der Waals surface area contributed by atoms with Gasteiger partial charge in [-0.2, -0.15) is 0 Å². The zero-order chi connectivity index (χ0) is 12.0. The van der Waals surface area contributed by atoms with Crippen LogP contribution < -0.4 is 0 Å². The first-order chi connectivity index (χ1) is 7.70. The van der Waals surface area contributed by atoms with E-state index in [4.69, 9.17) is 4.74 Å². The predicted molar refractivity (Wildman–Crippen MR) is 64.8 cm³/mol. The van der Waals surface area contributed by atoms with E-state index in [2.05, 4.69) is 11.9 Å². The molecule has 0 aliphatic rings. The van der Waals surface area contributed by atoms with Crippen LogP contribution in [0.25, 0.3) is 0 Å². The van der Waals surface area contributed by atoms with Crippen LogP contribution in [0.5, 0.6) is 0 Å². The van der Waals surface area contributed by atoms with Gasteiger partial charge in [0.25, 0.3) is 5.91 Å². The van der Waals surface area contributed by atoms with Crippen LogP contribution in [0, 0.1) is 0 Å². The van der Waals surface area contributed by atoms with Gasteiger partial charge in [-0.15, -0.1) is 11.3 Å². The Bertz CT molecular complexity index is 314. The Morgan fingerprint density at radius 1 is 1.69 bits per heavy atom. The molecule has 16 heavy (non-hydrogen) atoms. The average molecular weight is 242 g/mol. The number of amides is 1. The summed E-state index contributed by atoms with van der Waals surface area (Å²) < 4.78 is 5.02. The van der Waals surface area contributed by atoms with Crippen LogP contribution in [-0.2, 0) is 4.74 Å². The molecule has 5 heteroatoms. The molecule has 90 valence electrons. The molecule has 0 saturated carbocycles. The van der Waals surface area contributed by atoms with Gasteiger partial charge in [0, 0.05) is 25.1 Å². The topological polar surface area (TPSA) is 42.4 Å². The lowest BCUT2D eigenvalue weighted by Crippen LogP contribution is -2.40. The largest absolute Gasteiger partial charge is 0.383 e. The summed E-state index contributed by atoms with van der Waals surface area (Å²) in [6, 6.07) is 0.212. The maximum Gasteiger partial charge on any atom is 0.273 e. The minimum Gasteiger partial charge on any atom is -0.383 e. The lowest BCUT2D eigenvalue weighted by Gasteiger charge is -2.27. The minimum absolute atomic E-state index is 0.00681. The van der Waals surface area contributed by atoms with Gasteiger partial charge in [-0.1, -0.05) is 6.92 Å². The van der Waals surface area contributed by atoms with E-state index in [-0.39, 0.29) is 11.9 Å². The van der Waals surface area contributed by atoms with Crippen LogP contribution in [0.2, 0.25) is 0 Å². The van der Waals surface area contributed by atoms with Gasteiger partial charge < -0.3 is 9.64 Å². The fraction of sp³-hybridized carbons (Fsp3) is 0.636. The number of aromatic nitrogens is 1. The minimum atomic E-state index is -0.00681. The molecule has 1 unspecified atom stereocenters. The molecule has 0 N–H and O–H groups in total. The molecule has 1 amide bonds. The van der Waals surface area contributed by atoms with Gasteiger partial charge in [0.2, 0.25) is 0 Å². The lowest BCUT2D eigenvalue weighted by atomic mass is 10.2. The molecular weight excluding hydrogens is 224 g/mol. The first-order valence-corrected chi connectivity index (χ1v) is 6.33. The summed E-state index contributed by atoms with van der Waals surface area (Å²) in [6.45, 7) is 5.28. The Kier molecular flexibility index (Phi) is 5.42. The van der Waals surface area contributed by atoms with Crippen molar-refractivity contribution in [2.24, 2.45) is 0 Å². The molecule has 0 bridgehead atoms. The van der Waals surface area contributed by atoms with E-state index in [1.165, 1.54) is 11.3 Å². The van der Waals surface area contributed by atoms with E-state index in [0.717, 1.165) is 6.42 Å². The molecule has 1 heterocycles. The van der Waals surface area contributed by atoms with Crippen LogP contribution in [0.15, 0.2) is 10.9 Å². The van der Waals surface area contributed by atoms with E-state index >= 15 is 0 Å². The molecule has 1 aromatic heterocycles. The molecule has 0 aliphatic carbocycles. The second-order valence-electron chi connectivity index (χ2n) is 3.62. The third kappa shape index (κ3) is 3.28. The Balaban J connectivity index is 2.71. The SMILES string of the molecule is CCC(C)N(CCOC)C(=O)c1cscn1. The van der Waals surface area contributed by atoms with Crippen molar-refractivity contribution >= 4 is 17.2 Å². The number of methoxy groups -OCH3 is 1. The molecule has 0 spiro atoms. The fourth-order valence-electron chi connectivity index (χ4n) is 1.40. The number of hydrogen-bond acceptors (Lipinski definition) is 4. The van der Waals surface area contributed by atoms with Crippen LogP contribution in [-0.4, -0.2) is 42.1 Å². The second-order valence-corrected chi connectivity index (χ2v) is 4.34. The van der Waals surface area contributed by atoms with Crippen molar-refractivity contribution in [3.8, 4) is 0 Å². The third-order valence-electron chi connectivity index (χ3n) is 2.57. The van der Waals surface area contributed by atoms with E-state index in [0.29, 0.717) is 18.8 Å². The fourth-order valence-corrected chi connectivity index (χ4v) is 1.92. The highest BCUT2D eigenvalue weighted by atomic mass is 32.1. The van der Waals surface area contributed by atoms with Gasteiger partial charge in [0.15, 0.2) is 0 Å². The lowest BCUT2D eigenvalue weighted by molar-refractivity contribution is 0.0609. The zero-order valence-corrected chi connectivity index (χ0v) is 10.8. The quantitative estimate of drug-likeness (QED) is 0.766. The van der Waals surface area contributed by atoms with Crippen molar-refractivity contribution in [2.45, 2.75) is 26.3 Å². The maximum absolute atomic E-state index is 12.1. The molecule has 0 saturated heterocycles. The first-order valence-electron chi connectivity index (χ1n) is 5.38. The molecule has 1 aromatic rings. The number of rotatable bonds is 6. The summed E-state index contributed by atoms with van der Waals surface area (Å²) in [5.41, 5.74) is 2.21. The Morgan fingerprint density at radius 3 is 2.94 bits per heavy atom. The molecule has 0 fully saturated rings. The maximum atomic E-state index is 12.1. The molecule has 0 aliphatic heterocycles. The van der Waals surface area contributed by atoms with E-state index in [1.54, 1.807) is 18.0 Å². The number of ether oxygens (including phenoxy) is 1. The van der Waals surface area contributed by atoms with Crippen molar-refractivity contribution in [3.05, 3.63) is 16.6 Å². The van der Waals surface area contributed by atoms with Crippen LogP contribution in [0.4, 0.5) is 0 Å². The van der Waals surface area contributed by atoms with Crippen LogP contribution in [0.3, 0.4) is 0 Å². The third-order valence-corrected chi connectivity index (χ3v) is 3.16. The smallest absolute Gasteiger partial charge is 0.273 e. The van der Waals surface area contributed by atoms with E-state index < -0.39 is 0 Å². The Labute approximate surface area is 100 Å². The summed E-state index contributed by atoms with van der Waals surface area (Å²) in [5, 5.41) is 1.78. The average Bonchev–Trinajstić information content (AvgIpc) is 2.82. The predicted octanol–water partition coefficient (Wildman–Crippen LogP) is 2.03. The Morgan fingerprint density at radius 2 is 2.44 bits per heavy atom. The highest BCUT2D eigenvalue weighted by molar-refractivity contribution is 7.07. The highest BCUT2D eigenvalue weighted by Gasteiger charge is 2.21. The zero-order valence-electron chi connectivity index (χ0n) is 9.97.